The number of hydrogen-bond donors (Lipinski definition) is 3. The van der Waals surface area contributed by atoms with E-state index in [9.17, 15) is 5.11 Å². The molecule has 0 aliphatic carbocycles. The van der Waals surface area contributed by atoms with E-state index in [4.69, 9.17) is 4.98 Å². The van der Waals surface area contributed by atoms with Gasteiger partial charge in [-0.2, -0.15) is 5.10 Å². The van der Waals surface area contributed by atoms with E-state index in [1.165, 1.54) is 11.1 Å². The van der Waals surface area contributed by atoms with Crippen molar-refractivity contribution >= 4 is 11.6 Å². The van der Waals surface area contributed by atoms with Gasteiger partial charge in [-0.15, -0.1) is 0 Å². The number of aliphatic hydroxyl groups excluding tert-OH is 1. The molecule has 0 amide bonds. The molecule has 7 nitrogen and oxygen atoms in total. The molecule has 1 unspecified atom stereocenters. The van der Waals surface area contributed by atoms with Gasteiger partial charge in [0.05, 0.1) is 11.9 Å². The molecule has 152 valence electrons. The Hall–Kier alpha value is -2.77. The molecule has 7 heteroatoms. The highest BCUT2D eigenvalue weighted by atomic mass is 16.3. The summed E-state index contributed by atoms with van der Waals surface area (Å²) in [7, 11) is 0. The lowest BCUT2D eigenvalue weighted by Gasteiger charge is -2.27. The lowest BCUT2D eigenvalue weighted by atomic mass is 9.92. The van der Waals surface area contributed by atoms with E-state index in [0.717, 1.165) is 41.9 Å². The van der Waals surface area contributed by atoms with Crippen molar-refractivity contribution in [2.75, 3.05) is 18.5 Å². The van der Waals surface area contributed by atoms with Crippen LogP contribution in [0.4, 0.5) is 11.6 Å². The first-order chi connectivity index (χ1) is 14.0. The maximum Gasteiger partial charge on any atom is 0.227 e. The number of hydrogen-bond acceptors (Lipinski definition) is 6. The predicted octanol–water partition coefficient (Wildman–Crippen LogP) is 3.54. The summed E-state index contributed by atoms with van der Waals surface area (Å²) in [6.07, 6.45) is 7.43. The Balaban J connectivity index is 1.58. The van der Waals surface area contributed by atoms with E-state index in [2.05, 4.69) is 52.8 Å². The molecule has 0 saturated heterocycles. The van der Waals surface area contributed by atoms with Crippen molar-refractivity contribution in [1.29, 1.82) is 0 Å². The fraction of sp³-hybridized carbons (Fsp3) is 0.409. The molecule has 0 radical (unpaired) electrons. The monoisotopic (exact) mass is 392 g/mol. The van der Waals surface area contributed by atoms with Crippen LogP contribution < -0.4 is 10.6 Å². The third-order valence-electron chi connectivity index (χ3n) is 5.35. The minimum Gasteiger partial charge on any atom is -0.396 e. The summed E-state index contributed by atoms with van der Waals surface area (Å²) in [6.45, 7) is 7.33. The molecule has 1 aromatic carbocycles. The third kappa shape index (κ3) is 4.16. The topological polar surface area (TPSA) is 87.9 Å². The summed E-state index contributed by atoms with van der Waals surface area (Å²) in [5, 5.41) is 20.5. The van der Waals surface area contributed by atoms with Crippen molar-refractivity contribution in [3.8, 4) is 11.3 Å². The van der Waals surface area contributed by atoms with Gasteiger partial charge in [-0.1, -0.05) is 6.07 Å². The minimum absolute atomic E-state index is 0.185. The zero-order valence-electron chi connectivity index (χ0n) is 17.2. The fourth-order valence-electron chi connectivity index (χ4n) is 3.78. The Morgan fingerprint density at radius 1 is 1.31 bits per heavy atom. The van der Waals surface area contributed by atoms with Crippen LogP contribution in [-0.4, -0.2) is 38.0 Å². The van der Waals surface area contributed by atoms with Gasteiger partial charge in [0, 0.05) is 42.3 Å². The molecule has 4 rings (SSSR count). The average molecular weight is 393 g/mol. The highest BCUT2D eigenvalue weighted by Crippen LogP contribution is 2.29. The predicted molar refractivity (Wildman–Crippen MR) is 114 cm³/mol. The van der Waals surface area contributed by atoms with Crippen LogP contribution in [0.25, 0.3) is 11.3 Å². The molecule has 1 atom stereocenters. The van der Waals surface area contributed by atoms with Crippen molar-refractivity contribution in [1.82, 2.24) is 25.1 Å². The molecule has 3 N–H and O–H groups in total. The van der Waals surface area contributed by atoms with Crippen LogP contribution >= 0.6 is 0 Å². The number of nitrogens with one attached hydrogen (secondary N) is 2. The van der Waals surface area contributed by atoms with Gasteiger partial charge in [0.2, 0.25) is 5.95 Å². The van der Waals surface area contributed by atoms with Gasteiger partial charge < -0.3 is 15.7 Å². The zero-order chi connectivity index (χ0) is 20.4. The number of anilines is 2. The largest absolute Gasteiger partial charge is 0.396 e. The summed E-state index contributed by atoms with van der Waals surface area (Å²) in [6, 6.07) is 6.88. The Morgan fingerprint density at radius 3 is 2.93 bits per heavy atom. The Morgan fingerprint density at radius 2 is 2.17 bits per heavy atom. The zero-order valence-corrected chi connectivity index (χ0v) is 17.2. The minimum atomic E-state index is 0.185. The van der Waals surface area contributed by atoms with Crippen molar-refractivity contribution in [2.24, 2.45) is 0 Å². The number of aliphatic hydroxyl groups is 1. The van der Waals surface area contributed by atoms with Crippen LogP contribution in [-0.2, 0) is 6.42 Å². The van der Waals surface area contributed by atoms with Gasteiger partial charge >= 0.3 is 0 Å². The summed E-state index contributed by atoms with van der Waals surface area (Å²) < 4.78 is 1.93. The smallest absolute Gasteiger partial charge is 0.227 e. The molecule has 3 aromatic rings. The molecule has 29 heavy (non-hydrogen) atoms. The number of aromatic nitrogens is 4. The summed E-state index contributed by atoms with van der Waals surface area (Å²) in [4.78, 5) is 9.21. The normalized spacial score (nSPS) is 16.1. The lowest BCUT2D eigenvalue weighted by Crippen LogP contribution is -2.30. The quantitative estimate of drug-likeness (QED) is 0.595. The van der Waals surface area contributed by atoms with E-state index in [1.807, 2.05) is 30.2 Å². The van der Waals surface area contributed by atoms with Gasteiger partial charge in [0.1, 0.15) is 0 Å². The fourth-order valence-corrected chi connectivity index (χ4v) is 3.78. The average Bonchev–Trinajstić information content (AvgIpc) is 3.20. The second kappa shape index (κ2) is 8.31. The van der Waals surface area contributed by atoms with Crippen LogP contribution in [0.2, 0.25) is 0 Å². The molecule has 0 saturated carbocycles. The van der Waals surface area contributed by atoms with Crippen LogP contribution in [0.5, 0.6) is 0 Å². The molecule has 2 aromatic heterocycles. The van der Waals surface area contributed by atoms with E-state index >= 15 is 0 Å². The number of benzene rings is 1. The van der Waals surface area contributed by atoms with Gasteiger partial charge in [-0.05, 0) is 69.0 Å². The second-order valence-electron chi connectivity index (χ2n) is 7.84. The lowest BCUT2D eigenvalue weighted by molar-refractivity contribution is 0.263. The standard InChI is InChI=1S/C22H28N6O/c1-14(2)28-13-17(12-25-28)21-15(3)11-24-22(27-21)26-18-4-5-19-16(10-18)6-8-23-20(19)7-9-29/h4-5,10-14,20,23,29H,6-9H2,1-3H3,(H,24,26,27). The molecule has 0 fully saturated rings. The van der Waals surface area contributed by atoms with Crippen molar-refractivity contribution < 1.29 is 5.11 Å². The molecule has 0 spiro atoms. The van der Waals surface area contributed by atoms with Gasteiger partial charge in [-0.3, -0.25) is 4.68 Å². The maximum atomic E-state index is 9.29. The van der Waals surface area contributed by atoms with Crippen LogP contribution in [0, 0.1) is 6.92 Å². The van der Waals surface area contributed by atoms with E-state index in [-0.39, 0.29) is 12.6 Å². The summed E-state index contributed by atoms with van der Waals surface area (Å²) in [5.74, 6) is 0.573. The van der Waals surface area contributed by atoms with Gasteiger partial charge in [0.15, 0.2) is 0 Å². The first kappa shape index (κ1) is 19.5. The first-order valence-corrected chi connectivity index (χ1v) is 10.2. The van der Waals surface area contributed by atoms with E-state index in [0.29, 0.717) is 12.0 Å². The highest BCUT2D eigenvalue weighted by molar-refractivity contribution is 5.64. The van der Waals surface area contributed by atoms with Crippen LogP contribution in [0.3, 0.4) is 0 Å². The maximum absolute atomic E-state index is 9.29. The number of aryl methyl sites for hydroxylation is 1. The number of nitrogens with zero attached hydrogens (tertiary/aromatic N) is 4. The van der Waals surface area contributed by atoms with E-state index in [1.54, 1.807) is 0 Å². The summed E-state index contributed by atoms with van der Waals surface area (Å²) in [5.41, 5.74) is 6.44. The number of fused-ring (bicyclic) bond motifs is 1. The highest BCUT2D eigenvalue weighted by Gasteiger charge is 2.19. The van der Waals surface area contributed by atoms with Crippen LogP contribution in [0.1, 0.15) is 49.0 Å². The Kier molecular flexibility index (Phi) is 5.60. The molecular weight excluding hydrogens is 364 g/mol. The van der Waals surface area contributed by atoms with E-state index < -0.39 is 0 Å². The van der Waals surface area contributed by atoms with Crippen LogP contribution in [0.15, 0.2) is 36.8 Å². The third-order valence-corrected chi connectivity index (χ3v) is 5.35. The van der Waals surface area contributed by atoms with Gasteiger partial charge in [0.25, 0.3) is 0 Å². The molecule has 0 bridgehead atoms. The summed E-state index contributed by atoms with van der Waals surface area (Å²) >= 11 is 0. The van der Waals surface area contributed by atoms with Crippen molar-refractivity contribution in [2.45, 2.75) is 45.7 Å². The second-order valence-corrected chi connectivity index (χ2v) is 7.84. The van der Waals surface area contributed by atoms with Gasteiger partial charge in [-0.25, -0.2) is 9.97 Å². The van der Waals surface area contributed by atoms with Crippen molar-refractivity contribution in [3.05, 3.63) is 53.5 Å². The Labute approximate surface area is 171 Å². The number of rotatable bonds is 6. The molecule has 1 aliphatic heterocycles. The SMILES string of the molecule is Cc1cnc(Nc2ccc3c(c2)CCNC3CCO)nc1-c1cnn(C(C)C)c1. The molecule has 1 aliphatic rings. The Bertz CT molecular complexity index is 997. The first-order valence-electron chi connectivity index (χ1n) is 10.2. The van der Waals surface area contributed by atoms with Crippen molar-refractivity contribution in [3.63, 3.8) is 0 Å². The molecular formula is C22H28N6O. The molecule has 3 heterocycles.